The van der Waals surface area contributed by atoms with Crippen molar-refractivity contribution in [2.75, 3.05) is 13.7 Å². The standard InChI is InChI=1S/C21H27NO.C7H8.ClH/c1-17-8-6-7-15-22(17)21(16-18-9-4-3-5-10-18)19-11-13-20(23-2)14-12-19;1-7-5-3-2-4-6-7;/h3-5,9-14,17,21H,6-8,15-16H2,1-2H3;2-6H,1H3;1H. The fraction of sp³-hybridized carbons (Fsp3) is 0.357. The molecule has 1 aliphatic rings. The highest BCUT2D eigenvalue weighted by Crippen LogP contribution is 2.32. The Balaban J connectivity index is 0.000000364. The molecule has 0 N–H and O–H groups in total. The number of benzene rings is 3. The normalized spacial score (nSPS) is 16.9. The Morgan fingerprint density at radius 3 is 2.00 bits per heavy atom. The molecule has 2 nitrogen and oxygen atoms in total. The number of methoxy groups -OCH3 is 1. The molecule has 1 fully saturated rings. The third-order valence-corrected chi connectivity index (χ3v) is 5.97. The first-order valence-electron chi connectivity index (χ1n) is 11.1. The molecule has 4 rings (SSSR count). The van der Waals surface area contributed by atoms with Gasteiger partial charge >= 0.3 is 0 Å². The van der Waals surface area contributed by atoms with Crippen molar-refractivity contribution in [3.63, 3.8) is 0 Å². The monoisotopic (exact) mass is 437 g/mol. The molecule has 2 unspecified atom stereocenters. The Morgan fingerprint density at radius 1 is 0.871 bits per heavy atom. The molecule has 2 atom stereocenters. The van der Waals surface area contributed by atoms with Gasteiger partial charge in [0.2, 0.25) is 0 Å². The van der Waals surface area contributed by atoms with Crippen LogP contribution in [0.5, 0.6) is 5.75 Å². The van der Waals surface area contributed by atoms with Crippen LogP contribution < -0.4 is 4.74 Å². The van der Waals surface area contributed by atoms with Crippen LogP contribution in [0.25, 0.3) is 0 Å². The highest BCUT2D eigenvalue weighted by Gasteiger charge is 2.27. The van der Waals surface area contributed by atoms with Gasteiger partial charge in [-0.25, -0.2) is 0 Å². The molecular formula is C28H36ClNO. The van der Waals surface area contributed by atoms with Gasteiger partial charge in [-0.1, -0.05) is 84.8 Å². The van der Waals surface area contributed by atoms with Crippen LogP contribution in [0.1, 0.15) is 48.9 Å². The Bertz CT molecular complexity index is 851. The SMILES string of the molecule is COc1ccc(C(Cc2ccccc2)N2CCCCC2C)cc1.Cc1ccccc1.Cl. The fourth-order valence-electron chi connectivity index (χ4n) is 4.21. The number of hydrogen-bond acceptors (Lipinski definition) is 2. The Hall–Kier alpha value is -2.29. The molecule has 0 spiro atoms. The summed E-state index contributed by atoms with van der Waals surface area (Å²) < 4.78 is 5.32. The second kappa shape index (κ2) is 13.2. The van der Waals surface area contributed by atoms with Gasteiger partial charge in [-0.2, -0.15) is 0 Å². The minimum Gasteiger partial charge on any atom is -0.497 e. The maximum absolute atomic E-state index is 5.32. The van der Waals surface area contributed by atoms with Gasteiger partial charge in [0.1, 0.15) is 5.75 Å². The van der Waals surface area contributed by atoms with Crippen molar-refractivity contribution in [1.29, 1.82) is 0 Å². The molecule has 3 aromatic carbocycles. The smallest absolute Gasteiger partial charge is 0.118 e. The first-order chi connectivity index (χ1) is 14.7. The summed E-state index contributed by atoms with van der Waals surface area (Å²) in [7, 11) is 1.73. The summed E-state index contributed by atoms with van der Waals surface area (Å²) >= 11 is 0. The third-order valence-electron chi connectivity index (χ3n) is 5.97. The molecule has 0 amide bonds. The molecule has 3 aromatic rings. The summed E-state index contributed by atoms with van der Waals surface area (Å²) in [6.45, 7) is 5.66. The van der Waals surface area contributed by atoms with Gasteiger partial charge in [0, 0.05) is 12.1 Å². The van der Waals surface area contributed by atoms with E-state index in [0.29, 0.717) is 12.1 Å². The topological polar surface area (TPSA) is 12.5 Å². The van der Waals surface area contributed by atoms with Crippen molar-refractivity contribution >= 4 is 12.4 Å². The zero-order valence-corrected chi connectivity index (χ0v) is 19.9. The van der Waals surface area contributed by atoms with E-state index < -0.39 is 0 Å². The number of rotatable bonds is 5. The maximum atomic E-state index is 5.32. The number of piperidine rings is 1. The first-order valence-corrected chi connectivity index (χ1v) is 11.1. The molecule has 0 aromatic heterocycles. The lowest BCUT2D eigenvalue weighted by Crippen LogP contribution is -2.41. The molecule has 0 radical (unpaired) electrons. The zero-order chi connectivity index (χ0) is 21.2. The molecule has 1 aliphatic heterocycles. The molecule has 0 saturated carbocycles. The van der Waals surface area contributed by atoms with Gasteiger partial charge < -0.3 is 4.74 Å². The minimum atomic E-state index is 0. The van der Waals surface area contributed by atoms with E-state index in [-0.39, 0.29) is 12.4 Å². The second-order valence-corrected chi connectivity index (χ2v) is 8.22. The molecule has 3 heteroatoms. The van der Waals surface area contributed by atoms with E-state index in [2.05, 4.69) is 85.5 Å². The third kappa shape index (κ3) is 7.72. The van der Waals surface area contributed by atoms with Crippen molar-refractivity contribution in [3.05, 3.63) is 102 Å². The number of likely N-dealkylation sites (tertiary alicyclic amines) is 1. The van der Waals surface area contributed by atoms with Gasteiger partial charge in [-0.05, 0) is 62.9 Å². The number of ether oxygens (including phenoxy) is 1. The van der Waals surface area contributed by atoms with Gasteiger partial charge in [-0.15, -0.1) is 12.4 Å². The van der Waals surface area contributed by atoms with Crippen molar-refractivity contribution in [2.45, 2.75) is 51.6 Å². The van der Waals surface area contributed by atoms with Crippen LogP contribution in [0, 0.1) is 6.92 Å². The molecular weight excluding hydrogens is 402 g/mol. The van der Waals surface area contributed by atoms with Crippen LogP contribution in [0.4, 0.5) is 0 Å². The minimum absolute atomic E-state index is 0. The number of nitrogens with zero attached hydrogens (tertiary/aromatic N) is 1. The molecule has 31 heavy (non-hydrogen) atoms. The lowest BCUT2D eigenvalue weighted by molar-refractivity contribution is 0.104. The second-order valence-electron chi connectivity index (χ2n) is 8.22. The van der Waals surface area contributed by atoms with Gasteiger partial charge in [0.05, 0.1) is 7.11 Å². The Labute approximate surface area is 194 Å². The van der Waals surface area contributed by atoms with E-state index in [0.717, 1.165) is 12.2 Å². The molecule has 0 aliphatic carbocycles. The van der Waals surface area contributed by atoms with E-state index in [1.807, 2.05) is 18.2 Å². The quantitative estimate of drug-likeness (QED) is 0.416. The van der Waals surface area contributed by atoms with Gasteiger partial charge in [0.25, 0.3) is 0 Å². The average Bonchev–Trinajstić information content (AvgIpc) is 2.80. The molecule has 166 valence electrons. The van der Waals surface area contributed by atoms with Crippen molar-refractivity contribution in [1.82, 2.24) is 4.90 Å². The number of aryl methyl sites for hydroxylation is 1. The van der Waals surface area contributed by atoms with Crippen LogP contribution in [0.15, 0.2) is 84.9 Å². The van der Waals surface area contributed by atoms with E-state index in [4.69, 9.17) is 4.74 Å². The van der Waals surface area contributed by atoms with E-state index in [1.165, 1.54) is 42.5 Å². The molecule has 1 heterocycles. The van der Waals surface area contributed by atoms with Crippen LogP contribution in [-0.2, 0) is 6.42 Å². The summed E-state index contributed by atoms with van der Waals surface area (Å²) in [4.78, 5) is 2.69. The lowest BCUT2D eigenvalue weighted by atomic mass is 9.92. The van der Waals surface area contributed by atoms with E-state index >= 15 is 0 Å². The predicted molar refractivity (Wildman–Crippen MR) is 134 cm³/mol. The predicted octanol–water partition coefficient (Wildman–Crippen LogP) is 7.27. The first kappa shape index (κ1) is 25.0. The van der Waals surface area contributed by atoms with Crippen molar-refractivity contribution < 1.29 is 4.74 Å². The number of hydrogen-bond donors (Lipinski definition) is 0. The van der Waals surface area contributed by atoms with Gasteiger partial charge in [0.15, 0.2) is 0 Å². The van der Waals surface area contributed by atoms with E-state index in [1.54, 1.807) is 7.11 Å². The van der Waals surface area contributed by atoms with Crippen LogP contribution >= 0.6 is 12.4 Å². The van der Waals surface area contributed by atoms with Crippen LogP contribution in [0.2, 0.25) is 0 Å². The van der Waals surface area contributed by atoms with Gasteiger partial charge in [-0.3, -0.25) is 4.90 Å². The summed E-state index contributed by atoms with van der Waals surface area (Å²) in [6, 6.07) is 30.8. The van der Waals surface area contributed by atoms with Crippen molar-refractivity contribution in [3.8, 4) is 5.75 Å². The fourth-order valence-corrected chi connectivity index (χ4v) is 4.21. The summed E-state index contributed by atoms with van der Waals surface area (Å²) in [5, 5.41) is 0. The summed E-state index contributed by atoms with van der Waals surface area (Å²) in [5.41, 5.74) is 4.12. The largest absolute Gasteiger partial charge is 0.497 e. The van der Waals surface area contributed by atoms with E-state index in [9.17, 15) is 0 Å². The van der Waals surface area contributed by atoms with Crippen LogP contribution in [0.3, 0.4) is 0 Å². The molecule has 0 bridgehead atoms. The van der Waals surface area contributed by atoms with Crippen LogP contribution in [-0.4, -0.2) is 24.6 Å². The maximum Gasteiger partial charge on any atom is 0.118 e. The zero-order valence-electron chi connectivity index (χ0n) is 19.0. The average molecular weight is 438 g/mol. The number of halogens is 1. The molecule has 1 saturated heterocycles. The van der Waals surface area contributed by atoms with Crippen molar-refractivity contribution in [2.24, 2.45) is 0 Å². The highest BCUT2D eigenvalue weighted by molar-refractivity contribution is 5.85. The lowest BCUT2D eigenvalue weighted by Gasteiger charge is -2.40. The summed E-state index contributed by atoms with van der Waals surface area (Å²) in [5.74, 6) is 0.930. The Kier molecular flexibility index (Phi) is 10.6. The highest BCUT2D eigenvalue weighted by atomic mass is 35.5. The Morgan fingerprint density at radius 2 is 1.48 bits per heavy atom. The summed E-state index contributed by atoms with van der Waals surface area (Å²) in [6.07, 6.45) is 5.04.